The maximum absolute atomic E-state index is 14.2. The molecule has 4 nitrogen and oxygen atoms in total. The largest absolute Gasteiger partial charge is 0.458 e. The van der Waals surface area contributed by atoms with Crippen LogP contribution in [0.3, 0.4) is 0 Å². The van der Waals surface area contributed by atoms with Crippen molar-refractivity contribution in [3.8, 4) is 0 Å². The average molecular weight is 1190 g/mol. The quantitative estimate of drug-likeness (QED) is 0.0820. The van der Waals surface area contributed by atoms with Crippen LogP contribution in [0.1, 0.15) is 179 Å². The number of hydrogen-bond acceptors (Lipinski definition) is 4. The summed E-state index contributed by atoms with van der Waals surface area (Å²) in [5.41, 5.74) is 7.83. The van der Waals surface area contributed by atoms with E-state index in [1.807, 2.05) is 93.8 Å². The van der Waals surface area contributed by atoms with Gasteiger partial charge in [-0.2, -0.15) is 26.3 Å². The van der Waals surface area contributed by atoms with Crippen LogP contribution in [-0.4, -0.2) is 6.18 Å². The maximum atomic E-state index is 14.2. The monoisotopic (exact) mass is 1180 g/mol. The molecule has 2 atom stereocenters. The molecule has 10 heteroatoms. The van der Waals surface area contributed by atoms with Crippen LogP contribution in [-0.2, 0) is 10.9 Å². The van der Waals surface area contributed by atoms with Crippen molar-refractivity contribution in [2.45, 2.75) is 170 Å². The minimum Gasteiger partial charge on any atom is -0.458 e. The Balaban J connectivity index is 0.000000753. The fourth-order valence-electron chi connectivity index (χ4n) is 13.5. The van der Waals surface area contributed by atoms with Crippen LogP contribution in [0.2, 0.25) is 0 Å². The van der Waals surface area contributed by atoms with E-state index >= 15 is 0 Å². The number of hydrogen-bond donors (Lipinski definition) is 0. The Kier molecular flexibility index (Phi) is 20.7. The standard InChI is InChI=1S/C66H60F6N2O2.C7H14.2C2H6/c1-6-44-31-39-56(73(42(4)29-28-41(3)65(67,68)69)57-27-17-25-53-51-24-16-15-21-49(62(51)76-63(53)57)45-19-9-7-10-20-45)54-37-30-46-32-38-55(43(5)59(46)60(44)54)74(48-35-33-47(34-36-48)66(70,71)72)58-26-12-8-11-22-52-50-23-14-13-18-40(2)61(50)75-64(52)58;1-7-5-3-2-4-6-7;2*1-2/h6,12,14-18,21,23-39,45,49,52H,1,7-11,13,19-20,22H2,2-5H3;7H,2-6H2,1H3;2*1-2H3/b26-12?,41-28+,42-29+,64-58-;;;. The first-order valence-corrected chi connectivity index (χ1v) is 31.9. The highest BCUT2D eigenvalue weighted by Gasteiger charge is 2.38. The Morgan fingerprint density at radius 2 is 1.38 bits per heavy atom. The first-order valence-electron chi connectivity index (χ1n) is 31.9. The Morgan fingerprint density at radius 1 is 0.678 bits per heavy atom. The molecule has 2 unspecified atom stereocenters. The van der Waals surface area contributed by atoms with Gasteiger partial charge in [-0.05, 0) is 166 Å². The number of allylic oxidation sites excluding steroid dienone is 14. The molecule has 0 radical (unpaired) electrons. The number of benzene rings is 5. The fraction of sp³-hybridized carbons (Fsp3) is 0.377. The minimum absolute atomic E-state index is 0.0657. The number of para-hydroxylation sites is 1. The number of rotatable bonds is 9. The number of anilines is 4. The van der Waals surface area contributed by atoms with Gasteiger partial charge in [-0.25, -0.2) is 0 Å². The molecule has 87 heavy (non-hydrogen) atoms. The summed E-state index contributed by atoms with van der Waals surface area (Å²) in [6, 6.07) is 23.4. The van der Waals surface area contributed by atoms with E-state index in [0.717, 1.165) is 153 Å². The number of halogens is 6. The number of aryl methyl sites for hydroxylation is 1. The van der Waals surface area contributed by atoms with Crippen molar-refractivity contribution in [1.82, 2.24) is 0 Å². The lowest BCUT2D eigenvalue weighted by atomic mass is 9.78. The normalized spacial score (nSPS) is 20.1. The summed E-state index contributed by atoms with van der Waals surface area (Å²) in [7, 11) is 0. The first kappa shape index (κ1) is 64.0. The Labute approximate surface area is 512 Å². The van der Waals surface area contributed by atoms with Gasteiger partial charge in [0.15, 0.2) is 5.58 Å². The molecule has 1 aliphatic heterocycles. The molecule has 2 heterocycles. The smallest absolute Gasteiger partial charge is 0.416 e. The molecule has 12 rings (SSSR count). The third-order valence-electron chi connectivity index (χ3n) is 18.0. The van der Waals surface area contributed by atoms with Crippen molar-refractivity contribution >= 4 is 67.4 Å². The van der Waals surface area contributed by atoms with Crippen LogP contribution < -0.4 is 9.80 Å². The number of fused-ring (bicyclic) bond motifs is 8. The average Bonchev–Trinajstić information content (AvgIpc) is 1.73. The van der Waals surface area contributed by atoms with Crippen LogP contribution in [0.15, 0.2) is 190 Å². The summed E-state index contributed by atoms with van der Waals surface area (Å²) in [4.78, 5) is 4.03. The molecule has 0 N–H and O–H groups in total. The van der Waals surface area contributed by atoms with E-state index in [4.69, 9.17) is 9.15 Å². The van der Waals surface area contributed by atoms with Crippen LogP contribution in [0.5, 0.6) is 0 Å². The molecular weight excluding hydrogens is 1100 g/mol. The van der Waals surface area contributed by atoms with Crippen LogP contribution in [0.4, 0.5) is 49.1 Å². The van der Waals surface area contributed by atoms with Crippen molar-refractivity contribution in [2.24, 2.45) is 17.8 Å². The lowest BCUT2D eigenvalue weighted by Gasteiger charge is -2.32. The maximum Gasteiger partial charge on any atom is 0.416 e. The molecule has 0 amide bonds. The van der Waals surface area contributed by atoms with E-state index in [0.29, 0.717) is 34.3 Å². The highest BCUT2D eigenvalue weighted by atomic mass is 19.4. The van der Waals surface area contributed by atoms with E-state index in [1.54, 1.807) is 0 Å². The fourth-order valence-corrected chi connectivity index (χ4v) is 13.5. The van der Waals surface area contributed by atoms with Crippen molar-refractivity contribution in [2.75, 3.05) is 9.80 Å². The van der Waals surface area contributed by atoms with Crippen molar-refractivity contribution < 1.29 is 35.5 Å². The van der Waals surface area contributed by atoms with E-state index < -0.39 is 23.5 Å². The Hall–Kier alpha value is -7.46. The second kappa shape index (κ2) is 28.1. The van der Waals surface area contributed by atoms with Crippen LogP contribution >= 0.6 is 0 Å². The highest BCUT2D eigenvalue weighted by molar-refractivity contribution is 6.18. The lowest BCUT2D eigenvalue weighted by molar-refractivity contribution is -0.137. The number of furan rings is 1. The topological polar surface area (TPSA) is 28.9 Å². The van der Waals surface area contributed by atoms with E-state index in [1.165, 1.54) is 69.6 Å². The SMILES string of the molecule is C=Cc1ccc(N(/C(C)=C/C=C(\C)C(F)(F)F)c2cccc3c4c(oc23)C(C2CCCCC2)C=CC=C4)c2ccc3ccc(N(/C4=C5\OC6=C(C=CCC=C6C)C5CCCC=C4)c4ccc(C(F)(F)F)cc4)c(C)c3c12.CC.CC.CC1CCCCC1. The van der Waals surface area contributed by atoms with E-state index in [-0.39, 0.29) is 11.8 Å². The zero-order valence-corrected chi connectivity index (χ0v) is 52.3. The zero-order valence-electron chi connectivity index (χ0n) is 52.3. The van der Waals surface area contributed by atoms with E-state index in [9.17, 15) is 26.3 Å². The summed E-state index contributed by atoms with van der Waals surface area (Å²) in [6.45, 7) is 21.6. The zero-order chi connectivity index (χ0) is 62.2. The highest BCUT2D eigenvalue weighted by Crippen LogP contribution is 2.51. The summed E-state index contributed by atoms with van der Waals surface area (Å²) < 4.78 is 99.2. The van der Waals surface area contributed by atoms with Gasteiger partial charge in [0.25, 0.3) is 0 Å². The van der Waals surface area contributed by atoms with Gasteiger partial charge in [-0.3, -0.25) is 0 Å². The van der Waals surface area contributed by atoms with Gasteiger partial charge in [0, 0.05) is 56.4 Å². The number of nitrogens with zero attached hydrogens (tertiary/aromatic N) is 2. The van der Waals surface area contributed by atoms with Gasteiger partial charge in [0.2, 0.25) is 0 Å². The predicted octanol–water partition coefficient (Wildman–Crippen LogP) is 25.0. The number of alkyl halides is 6. The molecule has 6 aromatic rings. The van der Waals surface area contributed by atoms with Crippen LogP contribution in [0, 0.1) is 24.7 Å². The molecule has 5 aromatic carbocycles. The molecule has 5 aliphatic carbocycles. The van der Waals surface area contributed by atoms with Crippen LogP contribution in [0.25, 0.3) is 44.7 Å². The molecule has 6 aliphatic rings. The molecular formula is C77H86F6N2O2. The first-order chi connectivity index (χ1) is 42.0. The van der Waals surface area contributed by atoms with Gasteiger partial charge in [0.1, 0.15) is 17.3 Å². The van der Waals surface area contributed by atoms with E-state index in [2.05, 4.69) is 93.3 Å². The van der Waals surface area contributed by atoms with Gasteiger partial charge < -0.3 is 19.0 Å². The third-order valence-corrected chi connectivity index (χ3v) is 18.0. The lowest BCUT2D eigenvalue weighted by Crippen LogP contribution is -2.21. The second-order valence-corrected chi connectivity index (χ2v) is 23.5. The number of ether oxygens (including phenoxy) is 1. The third kappa shape index (κ3) is 13.5. The molecule has 458 valence electrons. The second-order valence-electron chi connectivity index (χ2n) is 23.5. The molecule has 2 saturated carbocycles. The van der Waals surface area contributed by atoms with Gasteiger partial charge in [-0.15, -0.1) is 0 Å². The summed E-state index contributed by atoms with van der Waals surface area (Å²) in [5, 5.41) is 4.36. The molecule has 1 aromatic heterocycles. The molecule has 0 spiro atoms. The summed E-state index contributed by atoms with van der Waals surface area (Å²) >= 11 is 0. The van der Waals surface area contributed by atoms with Crippen molar-refractivity contribution in [1.29, 1.82) is 0 Å². The van der Waals surface area contributed by atoms with Gasteiger partial charge in [-0.1, -0.05) is 190 Å². The van der Waals surface area contributed by atoms with Gasteiger partial charge in [0.05, 0.1) is 22.6 Å². The predicted molar refractivity (Wildman–Crippen MR) is 353 cm³/mol. The van der Waals surface area contributed by atoms with Crippen molar-refractivity contribution in [3.05, 3.63) is 214 Å². The molecule has 0 bridgehead atoms. The summed E-state index contributed by atoms with van der Waals surface area (Å²) in [5.74, 6) is 3.88. The molecule has 0 saturated heterocycles. The van der Waals surface area contributed by atoms with Gasteiger partial charge >= 0.3 is 12.4 Å². The Bertz CT molecular complexity index is 3750. The summed E-state index contributed by atoms with van der Waals surface area (Å²) in [6.07, 6.45) is 31.1. The molecule has 2 fully saturated rings. The Morgan fingerprint density at radius 3 is 2.06 bits per heavy atom. The van der Waals surface area contributed by atoms with Crippen molar-refractivity contribution in [3.63, 3.8) is 0 Å². The minimum atomic E-state index is -4.54.